The molecule has 0 unspecified atom stereocenters. The first-order valence-electron chi connectivity index (χ1n) is 14.1. The van der Waals surface area contributed by atoms with E-state index in [2.05, 4.69) is 5.32 Å². The van der Waals surface area contributed by atoms with Gasteiger partial charge < -0.3 is 15.0 Å². The Kier molecular flexibility index (Phi) is 8.10. The molecule has 43 heavy (non-hydrogen) atoms. The van der Waals surface area contributed by atoms with E-state index in [-0.39, 0.29) is 23.3 Å². The molecule has 2 aliphatic rings. The van der Waals surface area contributed by atoms with Gasteiger partial charge in [-0.1, -0.05) is 54.1 Å². The van der Waals surface area contributed by atoms with Crippen molar-refractivity contribution in [2.75, 3.05) is 28.8 Å². The average molecular weight is 616 g/mol. The molecule has 8 nitrogen and oxygen atoms in total. The Labute approximate surface area is 255 Å². The molecule has 6 rings (SSSR count). The fourth-order valence-electron chi connectivity index (χ4n) is 5.49. The van der Waals surface area contributed by atoms with Crippen molar-refractivity contribution in [1.82, 2.24) is 5.32 Å². The summed E-state index contributed by atoms with van der Waals surface area (Å²) in [6.07, 6.45) is 1.05. The summed E-state index contributed by atoms with van der Waals surface area (Å²) in [7, 11) is -3.81. The number of anilines is 2. The topological polar surface area (TPSA) is 96.0 Å². The van der Waals surface area contributed by atoms with Gasteiger partial charge in [0, 0.05) is 23.7 Å². The molecule has 0 aromatic heterocycles. The van der Waals surface area contributed by atoms with Crippen molar-refractivity contribution in [3.05, 3.63) is 119 Å². The van der Waals surface area contributed by atoms with E-state index in [0.717, 1.165) is 11.1 Å². The highest BCUT2D eigenvalue weighted by molar-refractivity contribution is 7.92. The number of carbonyl (C=O) groups is 2. The summed E-state index contributed by atoms with van der Waals surface area (Å²) >= 11 is 5.97. The van der Waals surface area contributed by atoms with Crippen LogP contribution in [-0.2, 0) is 27.7 Å². The number of aryl methyl sites for hydroxylation is 1. The number of hydrogen-bond donors (Lipinski definition) is 1. The Morgan fingerprint density at radius 2 is 1.65 bits per heavy atom. The molecule has 2 aliphatic heterocycles. The first kappa shape index (κ1) is 28.8. The lowest BCUT2D eigenvalue weighted by molar-refractivity contribution is -0.127. The average Bonchev–Trinajstić information content (AvgIpc) is 3.04. The number of fused-ring (bicyclic) bond motifs is 2. The molecule has 0 radical (unpaired) electrons. The maximum atomic E-state index is 13.9. The first-order chi connectivity index (χ1) is 20.8. The third-order valence-electron chi connectivity index (χ3n) is 7.67. The molecule has 2 heterocycles. The summed E-state index contributed by atoms with van der Waals surface area (Å²) in [5.41, 5.74) is 3.42. The SMILES string of the molecule is O=C(NCCc1ccccc1)[C@@H]1CN(C(=O)c2ccc3c(c2)CCCN3S(=O)(=O)c2ccc(Cl)cc2)c2ccccc2O1. The van der Waals surface area contributed by atoms with Crippen LogP contribution < -0.4 is 19.3 Å². The molecule has 0 saturated carbocycles. The highest BCUT2D eigenvalue weighted by Crippen LogP contribution is 2.36. The molecule has 0 saturated heterocycles. The number of amides is 2. The number of para-hydroxylation sites is 2. The number of ether oxygens (including phenoxy) is 1. The zero-order valence-electron chi connectivity index (χ0n) is 23.3. The summed E-state index contributed by atoms with van der Waals surface area (Å²) in [5.74, 6) is -0.140. The predicted octanol–water partition coefficient (Wildman–Crippen LogP) is 5.25. The minimum atomic E-state index is -3.81. The number of sulfonamides is 1. The first-order valence-corrected chi connectivity index (χ1v) is 15.9. The summed E-state index contributed by atoms with van der Waals surface area (Å²) < 4.78 is 34.4. The summed E-state index contributed by atoms with van der Waals surface area (Å²) in [4.78, 5) is 28.8. The van der Waals surface area contributed by atoms with E-state index in [9.17, 15) is 18.0 Å². The standard InChI is InChI=1S/C33H30ClN3O5S/c34-26-13-15-27(16-14-26)43(40,41)37-20-6-9-24-21-25(12-17-28(24)37)33(39)36-22-31(42-30-11-5-4-10-29(30)36)32(38)35-19-18-23-7-2-1-3-8-23/h1-5,7-8,10-17,21,31H,6,9,18-20,22H2,(H,35,38)/t31-/m0/s1. The number of hydrogen-bond acceptors (Lipinski definition) is 5. The molecule has 10 heteroatoms. The second-order valence-corrected chi connectivity index (χ2v) is 12.8. The van der Waals surface area contributed by atoms with Crippen LogP contribution in [0.5, 0.6) is 5.75 Å². The number of benzene rings is 4. The van der Waals surface area contributed by atoms with Gasteiger partial charge in [-0.05, 0) is 85.0 Å². The van der Waals surface area contributed by atoms with Crippen LogP contribution in [0.2, 0.25) is 5.02 Å². The van der Waals surface area contributed by atoms with Gasteiger partial charge in [-0.3, -0.25) is 13.9 Å². The summed E-state index contributed by atoms with van der Waals surface area (Å²) in [5, 5.41) is 3.39. The van der Waals surface area contributed by atoms with Crippen LogP contribution >= 0.6 is 11.6 Å². The molecule has 0 fully saturated rings. The van der Waals surface area contributed by atoms with E-state index in [1.807, 2.05) is 36.4 Å². The monoisotopic (exact) mass is 615 g/mol. The minimum absolute atomic E-state index is 0.0428. The number of rotatable bonds is 7. The van der Waals surface area contributed by atoms with Crippen molar-refractivity contribution in [2.24, 2.45) is 0 Å². The molecule has 4 aromatic rings. The largest absolute Gasteiger partial charge is 0.477 e. The Bertz CT molecular complexity index is 1760. The van der Waals surface area contributed by atoms with Gasteiger partial charge in [0.1, 0.15) is 5.75 Å². The van der Waals surface area contributed by atoms with Crippen LogP contribution in [0.1, 0.15) is 27.9 Å². The number of carbonyl (C=O) groups excluding carboxylic acids is 2. The quantitative estimate of drug-likeness (QED) is 0.306. The number of nitrogens with one attached hydrogen (secondary N) is 1. The lowest BCUT2D eigenvalue weighted by atomic mass is 10.00. The third-order valence-corrected chi connectivity index (χ3v) is 9.75. The molecular weight excluding hydrogens is 586 g/mol. The Morgan fingerprint density at radius 1 is 0.907 bits per heavy atom. The fourth-order valence-corrected chi connectivity index (χ4v) is 7.15. The molecule has 0 spiro atoms. The summed E-state index contributed by atoms with van der Waals surface area (Å²) in [6.45, 7) is 0.822. The van der Waals surface area contributed by atoms with Crippen LogP contribution in [0.15, 0.2) is 102 Å². The lowest BCUT2D eigenvalue weighted by Gasteiger charge is -2.35. The fraction of sp³-hybridized carbons (Fsp3) is 0.212. The Morgan fingerprint density at radius 3 is 2.44 bits per heavy atom. The van der Waals surface area contributed by atoms with Crippen molar-refractivity contribution >= 4 is 44.8 Å². The molecule has 220 valence electrons. The number of nitrogens with zero attached hydrogens (tertiary/aromatic N) is 2. The highest BCUT2D eigenvalue weighted by atomic mass is 35.5. The molecule has 0 aliphatic carbocycles. The molecule has 1 N–H and O–H groups in total. The minimum Gasteiger partial charge on any atom is -0.477 e. The molecular formula is C33H30ClN3O5S. The Balaban J connectivity index is 1.22. The lowest BCUT2D eigenvalue weighted by Crippen LogP contribution is -2.51. The highest BCUT2D eigenvalue weighted by Gasteiger charge is 2.35. The van der Waals surface area contributed by atoms with Crippen molar-refractivity contribution in [3.63, 3.8) is 0 Å². The predicted molar refractivity (Wildman–Crippen MR) is 166 cm³/mol. The van der Waals surface area contributed by atoms with E-state index in [1.165, 1.54) is 16.4 Å². The normalized spacial score (nSPS) is 16.1. The summed E-state index contributed by atoms with van der Waals surface area (Å²) in [6, 6.07) is 28.2. The van der Waals surface area contributed by atoms with Crippen LogP contribution in [-0.4, -0.2) is 46.0 Å². The van der Waals surface area contributed by atoms with E-state index in [4.69, 9.17) is 16.3 Å². The van der Waals surface area contributed by atoms with Crippen molar-refractivity contribution in [1.29, 1.82) is 0 Å². The second kappa shape index (κ2) is 12.1. The van der Waals surface area contributed by atoms with Gasteiger partial charge >= 0.3 is 0 Å². The van der Waals surface area contributed by atoms with E-state index in [0.29, 0.717) is 60.1 Å². The van der Waals surface area contributed by atoms with E-state index >= 15 is 0 Å². The van der Waals surface area contributed by atoms with Crippen molar-refractivity contribution in [2.45, 2.75) is 30.3 Å². The Hall–Kier alpha value is -4.34. The number of halogens is 1. The van der Waals surface area contributed by atoms with Gasteiger partial charge in [-0.25, -0.2) is 8.42 Å². The van der Waals surface area contributed by atoms with E-state index < -0.39 is 16.1 Å². The van der Waals surface area contributed by atoms with Crippen molar-refractivity contribution in [3.8, 4) is 5.75 Å². The second-order valence-electron chi connectivity index (χ2n) is 10.5. The van der Waals surface area contributed by atoms with Gasteiger partial charge in [0.15, 0.2) is 6.10 Å². The smallest absolute Gasteiger partial charge is 0.264 e. The van der Waals surface area contributed by atoms with Crippen LogP contribution in [0.3, 0.4) is 0 Å². The van der Waals surface area contributed by atoms with Gasteiger partial charge in [-0.15, -0.1) is 0 Å². The van der Waals surface area contributed by atoms with E-state index in [1.54, 1.807) is 53.4 Å². The van der Waals surface area contributed by atoms with Gasteiger partial charge in [0.25, 0.3) is 21.8 Å². The van der Waals surface area contributed by atoms with Gasteiger partial charge in [0.2, 0.25) is 0 Å². The zero-order chi connectivity index (χ0) is 30.0. The van der Waals surface area contributed by atoms with Crippen LogP contribution in [0.25, 0.3) is 0 Å². The van der Waals surface area contributed by atoms with Gasteiger partial charge in [0.05, 0.1) is 22.8 Å². The molecule has 1 atom stereocenters. The van der Waals surface area contributed by atoms with Crippen LogP contribution in [0, 0.1) is 0 Å². The maximum absolute atomic E-state index is 13.9. The third kappa shape index (κ3) is 5.96. The molecule has 2 amide bonds. The van der Waals surface area contributed by atoms with Crippen LogP contribution in [0.4, 0.5) is 11.4 Å². The van der Waals surface area contributed by atoms with Gasteiger partial charge in [-0.2, -0.15) is 0 Å². The maximum Gasteiger partial charge on any atom is 0.264 e. The molecule has 4 aromatic carbocycles. The van der Waals surface area contributed by atoms with Crippen molar-refractivity contribution < 1.29 is 22.7 Å². The zero-order valence-corrected chi connectivity index (χ0v) is 24.9. The molecule has 0 bridgehead atoms.